The number of amides is 1. The summed E-state index contributed by atoms with van der Waals surface area (Å²) in [5.41, 5.74) is 0.936. The number of hydrogen-bond acceptors (Lipinski definition) is 7. The van der Waals surface area contributed by atoms with Crippen molar-refractivity contribution in [2.45, 2.75) is 32.0 Å². The maximum Gasteiger partial charge on any atom is 0.236 e. The number of aromatic nitrogens is 4. The van der Waals surface area contributed by atoms with Crippen molar-refractivity contribution in [3.63, 3.8) is 0 Å². The molecular weight excluding hydrogens is 366 g/mol. The lowest BCUT2D eigenvalue weighted by Gasteiger charge is -2.13. The van der Waals surface area contributed by atoms with Crippen LogP contribution in [0, 0.1) is 6.92 Å². The predicted molar refractivity (Wildman–Crippen MR) is 103 cm³/mol. The first-order valence-corrected chi connectivity index (χ1v) is 9.41. The Labute approximate surface area is 161 Å². The van der Waals surface area contributed by atoms with E-state index in [2.05, 4.69) is 34.5 Å². The molecule has 8 nitrogen and oxygen atoms in total. The van der Waals surface area contributed by atoms with E-state index in [1.807, 2.05) is 28.8 Å². The molecule has 3 rings (SSSR count). The van der Waals surface area contributed by atoms with Crippen molar-refractivity contribution in [1.82, 2.24) is 19.9 Å². The Hall–Kier alpha value is -2.81. The van der Waals surface area contributed by atoms with Crippen LogP contribution in [0.15, 0.2) is 40.0 Å². The summed E-state index contributed by atoms with van der Waals surface area (Å²) in [5.74, 6) is 2.59. The third kappa shape index (κ3) is 4.48. The van der Waals surface area contributed by atoms with E-state index in [0.29, 0.717) is 16.7 Å². The van der Waals surface area contributed by atoms with Gasteiger partial charge in [-0.05, 0) is 45.0 Å². The highest BCUT2D eigenvalue weighted by molar-refractivity contribution is 7.99. The summed E-state index contributed by atoms with van der Waals surface area (Å²) in [4.78, 5) is 12.1. The third-order valence-electron chi connectivity index (χ3n) is 3.76. The molecule has 0 aliphatic heterocycles. The van der Waals surface area contributed by atoms with Gasteiger partial charge in [-0.2, -0.15) is 0 Å². The second-order valence-electron chi connectivity index (χ2n) is 6.16. The van der Waals surface area contributed by atoms with Gasteiger partial charge in [0.05, 0.1) is 12.9 Å². The second kappa shape index (κ2) is 8.26. The molecule has 0 bridgehead atoms. The van der Waals surface area contributed by atoms with Gasteiger partial charge in [-0.1, -0.05) is 16.9 Å². The first kappa shape index (κ1) is 19.0. The van der Waals surface area contributed by atoms with Crippen LogP contribution in [-0.2, 0) is 4.79 Å². The molecule has 0 saturated heterocycles. The first-order chi connectivity index (χ1) is 13.0. The fourth-order valence-corrected chi connectivity index (χ4v) is 3.38. The number of thioether (sulfide) groups is 1. The first-order valence-electron chi connectivity index (χ1n) is 8.43. The van der Waals surface area contributed by atoms with Crippen molar-refractivity contribution >= 4 is 23.5 Å². The topological polar surface area (TPSA) is 95.1 Å². The van der Waals surface area contributed by atoms with E-state index in [4.69, 9.17) is 9.26 Å². The number of carbonyl (C=O) groups excluding carboxylic acids is 1. The summed E-state index contributed by atoms with van der Waals surface area (Å²) in [6.45, 7) is 5.88. The largest absolute Gasteiger partial charge is 0.497 e. The lowest BCUT2D eigenvalue weighted by Crippen LogP contribution is -2.15. The van der Waals surface area contributed by atoms with Gasteiger partial charge in [-0.3, -0.25) is 9.36 Å². The van der Waals surface area contributed by atoms with E-state index in [1.54, 1.807) is 20.1 Å². The van der Waals surface area contributed by atoms with Crippen molar-refractivity contribution in [3.05, 3.63) is 36.1 Å². The highest BCUT2D eigenvalue weighted by atomic mass is 32.2. The van der Waals surface area contributed by atoms with Gasteiger partial charge in [-0.25, -0.2) is 0 Å². The Kier molecular flexibility index (Phi) is 5.80. The third-order valence-corrected chi connectivity index (χ3v) is 4.70. The normalized spacial score (nSPS) is 11.0. The highest BCUT2D eigenvalue weighted by Crippen LogP contribution is 2.28. The minimum Gasteiger partial charge on any atom is -0.497 e. The smallest absolute Gasteiger partial charge is 0.236 e. The minimum absolute atomic E-state index is 0.140. The summed E-state index contributed by atoms with van der Waals surface area (Å²) < 4.78 is 12.2. The van der Waals surface area contributed by atoms with E-state index in [1.165, 1.54) is 11.8 Å². The van der Waals surface area contributed by atoms with Gasteiger partial charge >= 0.3 is 0 Å². The van der Waals surface area contributed by atoms with Gasteiger partial charge in [0.25, 0.3) is 0 Å². The number of benzene rings is 1. The molecule has 2 aromatic heterocycles. The van der Waals surface area contributed by atoms with Crippen LogP contribution >= 0.6 is 11.8 Å². The Morgan fingerprint density at radius 3 is 2.63 bits per heavy atom. The SMILES string of the molecule is COc1ccc(-c2nnc(SCC(=O)Nc3cc(C)on3)n2C(C)C)cc1. The molecule has 0 atom stereocenters. The molecule has 2 heterocycles. The molecular formula is C18H21N5O3S. The van der Waals surface area contributed by atoms with Gasteiger partial charge in [0.15, 0.2) is 16.8 Å². The maximum atomic E-state index is 12.1. The van der Waals surface area contributed by atoms with Crippen LogP contribution < -0.4 is 10.1 Å². The minimum atomic E-state index is -0.183. The average Bonchev–Trinajstić information content (AvgIpc) is 3.26. The predicted octanol–water partition coefficient (Wildman–Crippen LogP) is 3.56. The molecule has 1 amide bonds. The van der Waals surface area contributed by atoms with Crippen molar-refractivity contribution in [2.24, 2.45) is 0 Å². The molecule has 0 aliphatic rings. The van der Waals surface area contributed by atoms with Crippen LogP contribution in [0.4, 0.5) is 5.82 Å². The zero-order chi connectivity index (χ0) is 19.4. The van der Waals surface area contributed by atoms with Crippen LogP contribution in [0.5, 0.6) is 5.75 Å². The van der Waals surface area contributed by atoms with E-state index >= 15 is 0 Å². The van der Waals surface area contributed by atoms with Crippen molar-refractivity contribution in [1.29, 1.82) is 0 Å². The molecule has 0 radical (unpaired) electrons. The van der Waals surface area contributed by atoms with Crippen LogP contribution in [0.3, 0.4) is 0 Å². The van der Waals surface area contributed by atoms with Gasteiger partial charge in [-0.15, -0.1) is 10.2 Å². The molecule has 0 fully saturated rings. The fraction of sp³-hybridized carbons (Fsp3) is 0.333. The van der Waals surface area contributed by atoms with Crippen LogP contribution in [0.2, 0.25) is 0 Å². The molecule has 1 N–H and O–H groups in total. The molecule has 0 saturated carbocycles. The van der Waals surface area contributed by atoms with Crippen LogP contribution in [0.25, 0.3) is 11.4 Å². The molecule has 9 heteroatoms. The molecule has 3 aromatic rings. The van der Waals surface area contributed by atoms with E-state index in [0.717, 1.165) is 17.1 Å². The highest BCUT2D eigenvalue weighted by Gasteiger charge is 2.18. The lowest BCUT2D eigenvalue weighted by molar-refractivity contribution is -0.113. The van der Waals surface area contributed by atoms with Crippen molar-refractivity contribution < 1.29 is 14.1 Å². The zero-order valence-corrected chi connectivity index (χ0v) is 16.4. The van der Waals surface area contributed by atoms with Gasteiger partial charge in [0.2, 0.25) is 5.91 Å². The van der Waals surface area contributed by atoms with Gasteiger partial charge in [0, 0.05) is 17.7 Å². The quantitative estimate of drug-likeness (QED) is 0.619. The molecule has 0 unspecified atom stereocenters. The molecule has 1 aromatic carbocycles. The molecule has 27 heavy (non-hydrogen) atoms. The zero-order valence-electron chi connectivity index (χ0n) is 15.6. The Morgan fingerprint density at radius 1 is 1.30 bits per heavy atom. The molecule has 142 valence electrons. The lowest BCUT2D eigenvalue weighted by atomic mass is 10.2. The van der Waals surface area contributed by atoms with E-state index in [-0.39, 0.29) is 17.7 Å². The molecule has 0 spiro atoms. The Bertz CT molecular complexity index is 917. The number of methoxy groups -OCH3 is 1. The van der Waals surface area contributed by atoms with Crippen molar-refractivity contribution in [3.8, 4) is 17.1 Å². The van der Waals surface area contributed by atoms with Crippen LogP contribution in [0.1, 0.15) is 25.6 Å². The second-order valence-corrected chi connectivity index (χ2v) is 7.10. The number of hydrogen-bond donors (Lipinski definition) is 1. The average molecular weight is 387 g/mol. The Balaban J connectivity index is 1.73. The van der Waals surface area contributed by atoms with Gasteiger partial charge in [0.1, 0.15) is 11.5 Å². The monoisotopic (exact) mass is 387 g/mol. The maximum absolute atomic E-state index is 12.1. The summed E-state index contributed by atoms with van der Waals surface area (Å²) >= 11 is 1.33. The number of ether oxygens (including phenoxy) is 1. The van der Waals surface area contributed by atoms with E-state index in [9.17, 15) is 4.79 Å². The molecule has 0 aliphatic carbocycles. The van der Waals surface area contributed by atoms with Gasteiger partial charge < -0.3 is 14.6 Å². The van der Waals surface area contributed by atoms with E-state index < -0.39 is 0 Å². The number of anilines is 1. The number of nitrogens with one attached hydrogen (secondary N) is 1. The van der Waals surface area contributed by atoms with Crippen LogP contribution in [-0.4, -0.2) is 38.7 Å². The summed E-state index contributed by atoms with van der Waals surface area (Å²) in [6, 6.07) is 9.46. The Morgan fingerprint density at radius 2 is 2.04 bits per heavy atom. The fourth-order valence-electron chi connectivity index (χ4n) is 2.51. The summed E-state index contributed by atoms with van der Waals surface area (Å²) in [5, 5.41) is 15.7. The number of rotatable bonds is 7. The number of carbonyl (C=O) groups is 1. The number of aryl methyl sites for hydroxylation is 1. The number of nitrogens with zero attached hydrogens (tertiary/aromatic N) is 4. The summed E-state index contributed by atoms with van der Waals surface area (Å²) in [6.07, 6.45) is 0. The summed E-state index contributed by atoms with van der Waals surface area (Å²) in [7, 11) is 1.63. The standard InChI is InChI=1S/C18H21N5O3S/c1-11(2)23-17(13-5-7-14(25-4)8-6-13)20-21-18(23)27-10-16(24)19-15-9-12(3)26-22-15/h5-9,11H,10H2,1-4H3,(H,19,22,24). The van der Waals surface area contributed by atoms with Crippen molar-refractivity contribution in [2.75, 3.05) is 18.2 Å².